The van der Waals surface area contributed by atoms with Gasteiger partial charge in [-0.25, -0.2) is 0 Å². The van der Waals surface area contributed by atoms with Crippen LogP contribution in [0.5, 0.6) is 0 Å². The molecule has 0 N–H and O–H groups in total. The molecule has 0 heterocycles. The maximum atomic E-state index is 3.04. The Labute approximate surface area is 42.2 Å². The van der Waals surface area contributed by atoms with Crippen LogP contribution in [0.25, 0.3) is 0 Å². The summed E-state index contributed by atoms with van der Waals surface area (Å²) >= 11 is 5.70. The molecule has 0 aromatic carbocycles. The quantitative estimate of drug-likeness (QED) is 0.494. The van der Waals surface area contributed by atoms with Crippen LogP contribution < -0.4 is 0 Å². The summed E-state index contributed by atoms with van der Waals surface area (Å²) in [6.07, 6.45) is 0. The summed E-state index contributed by atoms with van der Waals surface area (Å²) in [4.78, 5) is 3.55. The Morgan fingerprint density at radius 2 is 2.00 bits per heavy atom. The first kappa shape index (κ1) is 4.74. The number of halogens is 1. The van der Waals surface area contributed by atoms with E-state index < -0.39 is 0 Å². The van der Waals surface area contributed by atoms with Crippen LogP contribution >= 0.6 is 15.9 Å². The van der Waals surface area contributed by atoms with Crippen LogP contribution in [0, 0.1) is 0 Å². The molecule has 0 aromatic rings. The topological polar surface area (TPSA) is 0 Å². The van der Waals surface area contributed by atoms with E-state index in [1.807, 2.05) is 0 Å². The maximum absolute atomic E-state index is 3.04. The van der Waals surface area contributed by atoms with E-state index in [2.05, 4.69) is 31.9 Å². The van der Waals surface area contributed by atoms with Crippen LogP contribution in [0.15, 0.2) is 9.96 Å². The molecule has 0 spiro atoms. The molecule has 0 aliphatic rings. The van der Waals surface area contributed by atoms with Gasteiger partial charge in [-0.3, -0.25) is 0 Å². The van der Waals surface area contributed by atoms with E-state index in [4.69, 9.17) is 0 Å². The van der Waals surface area contributed by atoms with E-state index in [1.165, 1.54) is 0 Å². The fourth-order valence-corrected chi connectivity index (χ4v) is 0. The predicted molar refractivity (Wildman–Crippen MR) is 23.8 cm³/mol. The van der Waals surface area contributed by atoms with Crippen LogP contribution in [0.3, 0.4) is 0 Å². The van der Waals surface area contributed by atoms with Gasteiger partial charge in [-0.2, -0.15) is 0 Å². The van der Waals surface area contributed by atoms with Gasteiger partial charge < -0.3 is 0 Å². The summed E-state index contributed by atoms with van der Waals surface area (Å²) < 4.78 is 0. The molecule has 0 aliphatic carbocycles. The SMILES string of the molecule is [Se]/C=C/Br. The molecule has 0 bridgehead atoms. The zero-order valence-electron chi connectivity index (χ0n) is 1.94. The zero-order chi connectivity index (χ0) is 3.41. The standard InChI is InChI=1S/C2H2BrSe/c3-1-2-4/h1-2H/b2-1+. The molecule has 0 saturated heterocycles. The second-order valence-electron chi connectivity index (χ2n) is 0.262. The van der Waals surface area contributed by atoms with Crippen molar-refractivity contribution < 1.29 is 0 Å². The first-order chi connectivity index (χ1) is 1.91. The van der Waals surface area contributed by atoms with E-state index in [0.717, 1.165) is 0 Å². The molecule has 0 unspecified atom stereocenters. The Kier molecular flexibility index (Phi) is 4.43. The molecule has 0 atom stereocenters. The zero-order valence-corrected chi connectivity index (χ0v) is 5.24. The monoisotopic (exact) mass is 185 g/mol. The third kappa shape index (κ3) is 2.74. The summed E-state index contributed by atoms with van der Waals surface area (Å²) in [5.74, 6) is 0. The second kappa shape index (κ2) is 3.74. The van der Waals surface area contributed by atoms with Gasteiger partial charge in [0.05, 0.1) is 0 Å². The molecule has 1 radical (unpaired) electrons. The van der Waals surface area contributed by atoms with Crippen LogP contribution in [0.1, 0.15) is 0 Å². The van der Waals surface area contributed by atoms with Gasteiger partial charge in [-0.1, -0.05) is 0 Å². The Hall–Kier alpha value is 0.739. The number of hydrogen-bond donors (Lipinski definition) is 0. The first-order valence-corrected chi connectivity index (χ1v) is 2.69. The first-order valence-electron chi connectivity index (χ1n) is 0.787. The fourth-order valence-electron chi connectivity index (χ4n) is 0. The fraction of sp³-hybridized carbons (Fsp3) is 0. The Bertz CT molecular complexity index is 21.2. The minimum atomic E-state index is 1.76. The molecule has 0 aromatic heterocycles. The third-order valence-electron chi connectivity index (χ3n) is 0.0514. The Morgan fingerprint density at radius 1 is 1.75 bits per heavy atom. The summed E-state index contributed by atoms with van der Waals surface area (Å²) in [5, 5.41) is 0. The van der Waals surface area contributed by atoms with Crippen molar-refractivity contribution in [2.45, 2.75) is 0 Å². The summed E-state index contributed by atoms with van der Waals surface area (Å²) in [6, 6.07) is 0. The van der Waals surface area contributed by atoms with Crippen molar-refractivity contribution in [2.75, 3.05) is 0 Å². The van der Waals surface area contributed by atoms with Crippen molar-refractivity contribution in [2.24, 2.45) is 0 Å². The van der Waals surface area contributed by atoms with Crippen molar-refractivity contribution in [1.29, 1.82) is 0 Å². The molecule has 0 saturated carbocycles. The molecular formula is C2H2BrSe. The molecule has 23 valence electrons. The van der Waals surface area contributed by atoms with Crippen molar-refractivity contribution in [1.82, 2.24) is 0 Å². The Morgan fingerprint density at radius 3 is 2.00 bits per heavy atom. The average molecular weight is 185 g/mol. The van der Waals surface area contributed by atoms with Gasteiger partial charge in [0.15, 0.2) is 0 Å². The number of hydrogen-bond acceptors (Lipinski definition) is 0. The third-order valence-corrected chi connectivity index (χ3v) is 1.39. The van der Waals surface area contributed by atoms with Gasteiger partial charge in [-0.05, 0) is 0 Å². The van der Waals surface area contributed by atoms with E-state index in [-0.39, 0.29) is 0 Å². The van der Waals surface area contributed by atoms with Crippen LogP contribution in [-0.4, -0.2) is 16.0 Å². The van der Waals surface area contributed by atoms with Gasteiger partial charge in [0.1, 0.15) is 0 Å². The van der Waals surface area contributed by atoms with Gasteiger partial charge in [0.2, 0.25) is 0 Å². The van der Waals surface area contributed by atoms with Crippen LogP contribution in [-0.2, 0) is 0 Å². The molecule has 0 amide bonds. The van der Waals surface area contributed by atoms with Gasteiger partial charge in [0, 0.05) is 0 Å². The minimum absolute atomic E-state index is 1.76. The normalized spacial score (nSPS) is 9.25. The van der Waals surface area contributed by atoms with Crippen molar-refractivity contribution >= 4 is 31.9 Å². The molecule has 0 nitrogen and oxygen atoms in total. The Balaban J connectivity index is 2.55. The van der Waals surface area contributed by atoms with Gasteiger partial charge in [0.25, 0.3) is 0 Å². The van der Waals surface area contributed by atoms with E-state index in [9.17, 15) is 0 Å². The predicted octanol–water partition coefficient (Wildman–Crippen LogP) is 1.02. The number of rotatable bonds is 0. The van der Waals surface area contributed by atoms with Crippen molar-refractivity contribution in [3.63, 3.8) is 0 Å². The molecule has 0 fully saturated rings. The molecule has 0 aliphatic heterocycles. The van der Waals surface area contributed by atoms with Gasteiger partial charge >= 0.3 is 41.9 Å². The van der Waals surface area contributed by atoms with E-state index in [0.29, 0.717) is 0 Å². The van der Waals surface area contributed by atoms with Crippen molar-refractivity contribution in [3.8, 4) is 0 Å². The van der Waals surface area contributed by atoms with Crippen molar-refractivity contribution in [3.05, 3.63) is 9.96 Å². The van der Waals surface area contributed by atoms with Gasteiger partial charge in [-0.15, -0.1) is 0 Å². The van der Waals surface area contributed by atoms with E-state index >= 15 is 0 Å². The second-order valence-corrected chi connectivity index (χ2v) is 1.36. The van der Waals surface area contributed by atoms with Crippen LogP contribution in [0.2, 0.25) is 0 Å². The molecule has 0 rings (SSSR count). The summed E-state index contributed by atoms with van der Waals surface area (Å²) in [6.45, 7) is 0. The molecular weight excluding hydrogens is 183 g/mol. The van der Waals surface area contributed by atoms with Crippen LogP contribution in [0.4, 0.5) is 0 Å². The molecule has 2 heteroatoms. The summed E-state index contributed by atoms with van der Waals surface area (Å²) in [5.41, 5.74) is 0. The molecule has 4 heavy (non-hydrogen) atoms. The average Bonchev–Trinajstić information content (AvgIpc) is 1.37. The van der Waals surface area contributed by atoms with E-state index in [1.54, 1.807) is 9.96 Å². The summed E-state index contributed by atoms with van der Waals surface area (Å²) in [7, 11) is 0.